The molecule has 2 aliphatic heterocycles. The van der Waals surface area contributed by atoms with Gasteiger partial charge in [-0.05, 0) is 37.6 Å². The number of nitrogens with zero attached hydrogens (tertiary/aromatic N) is 5. The zero-order valence-corrected chi connectivity index (χ0v) is 16.2. The Morgan fingerprint density at radius 2 is 2.10 bits per heavy atom. The quantitative estimate of drug-likeness (QED) is 0.684. The molecule has 0 aliphatic carbocycles. The van der Waals surface area contributed by atoms with Crippen LogP contribution in [0.3, 0.4) is 0 Å². The number of fused-ring (bicyclic) bond motifs is 3. The highest BCUT2D eigenvalue weighted by molar-refractivity contribution is 5.76. The summed E-state index contributed by atoms with van der Waals surface area (Å²) in [5, 5.41) is 26.3. The molecule has 5 rings (SSSR count). The maximum absolute atomic E-state index is 10.2. The fourth-order valence-electron chi connectivity index (χ4n) is 4.23. The van der Waals surface area contributed by atoms with Crippen LogP contribution in [0, 0.1) is 0 Å². The fourth-order valence-corrected chi connectivity index (χ4v) is 4.23. The second kappa shape index (κ2) is 7.71. The first-order valence-electron chi connectivity index (χ1n) is 10.1. The first-order chi connectivity index (χ1) is 14.3. The SMILES string of the molecule is Oc1ccccc1-c1cc2c(nn1)NCC1CN(CCCc3ccon3)CCN21. The largest absolute Gasteiger partial charge is 0.507 e. The monoisotopic (exact) mass is 392 g/mol. The van der Waals surface area contributed by atoms with Crippen molar-refractivity contribution in [2.45, 2.75) is 18.9 Å². The molecule has 1 saturated heterocycles. The number of hydrogen-bond acceptors (Lipinski definition) is 8. The van der Waals surface area contributed by atoms with Gasteiger partial charge in [-0.15, -0.1) is 10.2 Å². The predicted molar refractivity (Wildman–Crippen MR) is 110 cm³/mol. The molecule has 1 fully saturated rings. The predicted octanol–water partition coefficient (Wildman–Crippen LogP) is 2.39. The molecule has 8 nitrogen and oxygen atoms in total. The second-order valence-corrected chi connectivity index (χ2v) is 7.60. The molecule has 0 amide bonds. The van der Waals surface area contributed by atoms with Crippen LogP contribution in [0.4, 0.5) is 11.5 Å². The first kappa shape index (κ1) is 17.9. The lowest BCUT2D eigenvalue weighted by Crippen LogP contribution is -2.58. The van der Waals surface area contributed by atoms with Crippen LogP contribution < -0.4 is 10.2 Å². The van der Waals surface area contributed by atoms with Gasteiger partial charge in [0.2, 0.25) is 0 Å². The van der Waals surface area contributed by atoms with E-state index in [0.717, 1.165) is 62.8 Å². The fraction of sp³-hybridized carbons (Fsp3) is 0.381. The number of piperazine rings is 1. The number of para-hydroxylation sites is 1. The maximum Gasteiger partial charge on any atom is 0.172 e. The summed E-state index contributed by atoms with van der Waals surface area (Å²) in [5.74, 6) is 1.04. The molecule has 8 heteroatoms. The summed E-state index contributed by atoms with van der Waals surface area (Å²) in [6.45, 7) is 4.90. The Balaban J connectivity index is 1.28. The van der Waals surface area contributed by atoms with Gasteiger partial charge < -0.3 is 19.8 Å². The van der Waals surface area contributed by atoms with E-state index in [2.05, 4.69) is 30.5 Å². The van der Waals surface area contributed by atoms with E-state index in [-0.39, 0.29) is 5.75 Å². The minimum atomic E-state index is 0.221. The van der Waals surface area contributed by atoms with E-state index in [0.29, 0.717) is 17.3 Å². The van der Waals surface area contributed by atoms with E-state index in [9.17, 15) is 5.11 Å². The highest BCUT2D eigenvalue weighted by Crippen LogP contribution is 2.35. The van der Waals surface area contributed by atoms with Crippen LogP contribution in [-0.4, -0.2) is 64.1 Å². The van der Waals surface area contributed by atoms with E-state index in [4.69, 9.17) is 4.52 Å². The summed E-state index contributed by atoms with van der Waals surface area (Å²) in [6, 6.07) is 11.6. The number of anilines is 2. The standard InChI is InChI=1S/C21H24N6O2/c28-20-6-2-1-5-17(20)18-12-19-21(24-23-18)22-13-16-14-26(9-10-27(16)19)8-3-4-15-7-11-29-25-15/h1-2,5-7,11-12,16,28H,3-4,8-10,13-14H2,(H,22,24). The van der Waals surface area contributed by atoms with Gasteiger partial charge in [0.05, 0.1) is 23.1 Å². The third kappa shape index (κ3) is 3.63. The Morgan fingerprint density at radius 3 is 2.97 bits per heavy atom. The number of aromatic hydroxyl groups is 1. The first-order valence-corrected chi connectivity index (χ1v) is 10.1. The van der Waals surface area contributed by atoms with Crippen LogP contribution in [0.5, 0.6) is 5.75 Å². The lowest BCUT2D eigenvalue weighted by Gasteiger charge is -2.45. The lowest BCUT2D eigenvalue weighted by molar-refractivity contribution is 0.222. The van der Waals surface area contributed by atoms with Gasteiger partial charge in [-0.3, -0.25) is 4.90 Å². The van der Waals surface area contributed by atoms with E-state index in [1.54, 1.807) is 12.3 Å². The van der Waals surface area contributed by atoms with E-state index < -0.39 is 0 Å². The van der Waals surface area contributed by atoms with Crippen LogP contribution in [-0.2, 0) is 6.42 Å². The molecule has 150 valence electrons. The molecule has 3 aromatic rings. The number of phenols is 1. The molecule has 2 N–H and O–H groups in total. The van der Waals surface area contributed by atoms with Gasteiger partial charge >= 0.3 is 0 Å². The molecule has 1 unspecified atom stereocenters. The minimum Gasteiger partial charge on any atom is -0.507 e. The smallest absolute Gasteiger partial charge is 0.172 e. The van der Waals surface area contributed by atoms with Crippen LogP contribution in [0.1, 0.15) is 12.1 Å². The summed E-state index contributed by atoms with van der Waals surface area (Å²) in [5.41, 5.74) is 3.49. The van der Waals surface area contributed by atoms with Gasteiger partial charge in [0.25, 0.3) is 0 Å². The zero-order chi connectivity index (χ0) is 19.6. The summed E-state index contributed by atoms with van der Waals surface area (Å²) in [4.78, 5) is 4.95. The Hall–Kier alpha value is -3.13. The van der Waals surface area contributed by atoms with Crippen molar-refractivity contribution in [2.24, 2.45) is 0 Å². The lowest BCUT2D eigenvalue weighted by atomic mass is 10.1. The summed E-state index contributed by atoms with van der Waals surface area (Å²) in [6.07, 6.45) is 3.65. The highest BCUT2D eigenvalue weighted by atomic mass is 16.5. The molecule has 2 aliphatic rings. The van der Waals surface area contributed by atoms with E-state index in [1.807, 2.05) is 30.3 Å². The van der Waals surface area contributed by atoms with Gasteiger partial charge in [0.15, 0.2) is 5.82 Å². The molecule has 1 aromatic carbocycles. The van der Waals surface area contributed by atoms with Gasteiger partial charge in [-0.25, -0.2) is 0 Å². The maximum atomic E-state index is 10.2. The third-order valence-electron chi connectivity index (χ3n) is 5.73. The second-order valence-electron chi connectivity index (χ2n) is 7.60. The van der Waals surface area contributed by atoms with Crippen molar-refractivity contribution in [3.05, 3.63) is 48.4 Å². The molecule has 29 heavy (non-hydrogen) atoms. The molecule has 0 bridgehead atoms. The molecule has 0 saturated carbocycles. The van der Waals surface area contributed by atoms with Gasteiger partial charge in [0.1, 0.15) is 12.0 Å². The Labute approximate surface area is 169 Å². The number of hydrogen-bond donors (Lipinski definition) is 2. The third-order valence-corrected chi connectivity index (χ3v) is 5.73. The van der Waals surface area contributed by atoms with E-state index >= 15 is 0 Å². The molecule has 0 spiro atoms. The minimum absolute atomic E-state index is 0.221. The summed E-state index contributed by atoms with van der Waals surface area (Å²) >= 11 is 0. The van der Waals surface area contributed by atoms with Crippen molar-refractivity contribution in [1.29, 1.82) is 0 Å². The van der Waals surface area contributed by atoms with Crippen LogP contribution >= 0.6 is 0 Å². The Kier molecular flexibility index (Phi) is 4.77. The number of rotatable bonds is 5. The number of aryl methyl sites for hydroxylation is 1. The summed E-state index contributed by atoms with van der Waals surface area (Å²) in [7, 11) is 0. The molecule has 0 radical (unpaired) electrons. The molecule has 4 heterocycles. The molecular weight excluding hydrogens is 368 g/mol. The van der Waals surface area contributed by atoms with Crippen LogP contribution in [0.25, 0.3) is 11.3 Å². The van der Waals surface area contributed by atoms with Crippen molar-refractivity contribution in [3.63, 3.8) is 0 Å². The number of nitrogens with one attached hydrogen (secondary N) is 1. The van der Waals surface area contributed by atoms with Crippen molar-refractivity contribution < 1.29 is 9.63 Å². The number of phenolic OH excluding ortho intramolecular Hbond substituents is 1. The number of aromatic nitrogens is 3. The van der Waals surface area contributed by atoms with Gasteiger partial charge in [-0.1, -0.05) is 17.3 Å². The average molecular weight is 392 g/mol. The van der Waals surface area contributed by atoms with Crippen LogP contribution in [0.2, 0.25) is 0 Å². The molecule has 1 atom stereocenters. The van der Waals surface area contributed by atoms with Crippen molar-refractivity contribution in [2.75, 3.05) is 42.9 Å². The molecular formula is C21H24N6O2. The Bertz CT molecular complexity index is 977. The molecule has 2 aromatic heterocycles. The van der Waals surface area contributed by atoms with E-state index in [1.165, 1.54) is 0 Å². The number of benzene rings is 1. The van der Waals surface area contributed by atoms with Crippen LogP contribution in [0.15, 0.2) is 47.2 Å². The average Bonchev–Trinajstić information content (AvgIpc) is 3.27. The van der Waals surface area contributed by atoms with Gasteiger partial charge in [0, 0.05) is 37.8 Å². The zero-order valence-electron chi connectivity index (χ0n) is 16.2. The topological polar surface area (TPSA) is 90.6 Å². The normalized spacial score (nSPS) is 18.8. The van der Waals surface area contributed by atoms with Crippen molar-refractivity contribution >= 4 is 11.5 Å². The highest BCUT2D eigenvalue weighted by Gasteiger charge is 2.32. The summed E-state index contributed by atoms with van der Waals surface area (Å²) < 4.78 is 4.90. The van der Waals surface area contributed by atoms with Gasteiger partial charge in [-0.2, -0.15) is 0 Å². The van der Waals surface area contributed by atoms with Crippen molar-refractivity contribution in [1.82, 2.24) is 20.3 Å². The van der Waals surface area contributed by atoms with Crippen molar-refractivity contribution in [3.8, 4) is 17.0 Å². The Morgan fingerprint density at radius 1 is 1.17 bits per heavy atom.